The van der Waals surface area contributed by atoms with E-state index in [4.69, 9.17) is 28.4 Å². The summed E-state index contributed by atoms with van der Waals surface area (Å²) in [6, 6.07) is 0. The molecule has 2 fully saturated rings. The Morgan fingerprint density at radius 1 is 0.636 bits per heavy atom. The van der Waals surface area contributed by atoms with Crippen molar-refractivity contribution < 1.29 is 73.8 Å². The minimum absolute atomic E-state index is 0.143. The summed E-state index contributed by atoms with van der Waals surface area (Å²) < 4.78 is 33.2. The van der Waals surface area contributed by atoms with E-state index in [9.17, 15) is 45.3 Å². The molecule has 7 N–H and O–H groups in total. The second-order valence-corrected chi connectivity index (χ2v) is 14.2. The monoisotopic (exact) mass is 788 g/mol. The Kier molecular flexibility index (Phi) is 25.8. The van der Waals surface area contributed by atoms with Crippen LogP contribution in [-0.2, 0) is 38.0 Å². The fourth-order valence-electron chi connectivity index (χ4n) is 6.10. The lowest BCUT2D eigenvalue weighted by molar-refractivity contribution is -0.332. The lowest BCUT2D eigenvalue weighted by Crippen LogP contribution is -2.61. The molecule has 0 saturated carbocycles. The molecular formula is C40H68O15. The van der Waals surface area contributed by atoms with Gasteiger partial charge in [-0.25, -0.2) is 0 Å². The third-order valence-electron chi connectivity index (χ3n) is 9.51. The van der Waals surface area contributed by atoms with Gasteiger partial charge in [-0.3, -0.25) is 9.59 Å². The molecule has 2 heterocycles. The second kappa shape index (κ2) is 29.0. The van der Waals surface area contributed by atoms with E-state index in [1.165, 1.54) is 0 Å². The van der Waals surface area contributed by atoms with E-state index in [1.54, 1.807) is 0 Å². The Labute approximate surface area is 325 Å². The van der Waals surface area contributed by atoms with Crippen LogP contribution in [0.15, 0.2) is 37.0 Å². The summed E-state index contributed by atoms with van der Waals surface area (Å²) in [7, 11) is 0. The molecule has 0 radical (unpaired) electrons. The van der Waals surface area contributed by atoms with Crippen molar-refractivity contribution in [3.8, 4) is 0 Å². The average molecular weight is 789 g/mol. The Hall–Kier alpha value is -2.28. The van der Waals surface area contributed by atoms with E-state index < -0.39 is 99.3 Å². The Bertz CT molecular complexity index is 1100. The molecule has 2 aliphatic heterocycles. The van der Waals surface area contributed by atoms with E-state index in [0.717, 1.165) is 77.0 Å². The van der Waals surface area contributed by atoms with Gasteiger partial charge in [-0.1, -0.05) is 88.7 Å². The zero-order valence-corrected chi connectivity index (χ0v) is 32.5. The fraction of sp³-hybridized carbons (Fsp3) is 0.800. The van der Waals surface area contributed by atoms with Crippen LogP contribution >= 0.6 is 0 Å². The van der Waals surface area contributed by atoms with E-state index in [2.05, 4.69) is 37.8 Å². The van der Waals surface area contributed by atoms with Crippen LogP contribution in [0.3, 0.4) is 0 Å². The van der Waals surface area contributed by atoms with E-state index >= 15 is 0 Å². The number of ether oxygens (including phenoxy) is 6. The molecule has 318 valence electrons. The van der Waals surface area contributed by atoms with Gasteiger partial charge in [0.05, 0.1) is 19.8 Å². The largest absolute Gasteiger partial charge is 0.462 e. The number of rotatable bonds is 29. The summed E-state index contributed by atoms with van der Waals surface area (Å²) in [5.41, 5.74) is 0. The van der Waals surface area contributed by atoms with Gasteiger partial charge in [-0.15, -0.1) is 6.58 Å². The minimum Gasteiger partial charge on any atom is -0.462 e. The molecule has 11 atom stereocenters. The zero-order valence-electron chi connectivity index (χ0n) is 32.5. The number of unbranched alkanes of at least 4 members (excludes halogenated alkanes) is 10. The molecule has 15 nitrogen and oxygen atoms in total. The summed E-state index contributed by atoms with van der Waals surface area (Å²) in [6.07, 6.45) is 7.06. The fourth-order valence-corrected chi connectivity index (χ4v) is 6.10. The van der Waals surface area contributed by atoms with Crippen molar-refractivity contribution >= 4 is 11.9 Å². The Morgan fingerprint density at radius 3 is 1.84 bits per heavy atom. The molecule has 0 aromatic rings. The van der Waals surface area contributed by atoms with Gasteiger partial charge < -0.3 is 64.2 Å². The number of hydrogen-bond donors (Lipinski definition) is 7. The Balaban J connectivity index is 1.89. The number of esters is 2. The molecule has 2 rings (SSSR count). The highest BCUT2D eigenvalue weighted by Crippen LogP contribution is 2.26. The van der Waals surface area contributed by atoms with E-state index in [-0.39, 0.29) is 19.4 Å². The average Bonchev–Trinajstić information content (AvgIpc) is 3.18. The molecule has 15 heteroatoms. The molecule has 55 heavy (non-hydrogen) atoms. The topological polar surface area (TPSA) is 231 Å². The Morgan fingerprint density at radius 2 is 1.18 bits per heavy atom. The second-order valence-electron chi connectivity index (χ2n) is 14.2. The zero-order chi connectivity index (χ0) is 40.4. The van der Waals surface area contributed by atoms with Crippen LogP contribution in [0.4, 0.5) is 0 Å². The first-order chi connectivity index (χ1) is 26.5. The number of aliphatic hydroxyl groups is 7. The molecule has 2 saturated heterocycles. The highest BCUT2D eigenvalue weighted by atomic mass is 16.7. The molecule has 0 spiro atoms. The van der Waals surface area contributed by atoms with Gasteiger partial charge in [0.25, 0.3) is 0 Å². The van der Waals surface area contributed by atoms with Gasteiger partial charge in [0.1, 0.15) is 55.4 Å². The predicted octanol–water partition coefficient (Wildman–Crippen LogP) is 2.64. The van der Waals surface area contributed by atoms with Gasteiger partial charge in [0.2, 0.25) is 0 Å². The molecular weight excluding hydrogens is 720 g/mol. The van der Waals surface area contributed by atoms with Crippen LogP contribution in [0.1, 0.15) is 110 Å². The third-order valence-corrected chi connectivity index (χ3v) is 9.51. The van der Waals surface area contributed by atoms with Gasteiger partial charge in [-0.2, -0.15) is 0 Å². The highest BCUT2D eigenvalue weighted by Gasteiger charge is 2.47. The van der Waals surface area contributed by atoms with Crippen molar-refractivity contribution in [2.45, 2.75) is 177 Å². The molecule has 0 aromatic carbocycles. The smallest absolute Gasteiger partial charge is 0.306 e. The number of carbonyl (C=O) groups excluding carboxylic acids is 2. The normalized spacial score (nSPS) is 29.1. The summed E-state index contributed by atoms with van der Waals surface area (Å²) in [5, 5.41) is 71.5. The predicted molar refractivity (Wildman–Crippen MR) is 201 cm³/mol. The number of hydrogen-bond acceptors (Lipinski definition) is 15. The molecule has 0 amide bonds. The lowest BCUT2D eigenvalue weighted by atomic mass is 9.98. The third kappa shape index (κ3) is 19.1. The van der Waals surface area contributed by atoms with Crippen molar-refractivity contribution in [2.24, 2.45) is 0 Å². The van der Waals surface area contributed by atoms with Crippen molar-refractivity contribution in [3.05, 3.63) is 37.0 Å². The van der Waals surface area contributed by atoms with Crippen molar-refractivity contribution in [1.82, 2.24) is 0 Å². The maximum Gasteiger partial charge on any atom is 0.306 e. The number of allylic oxidation sites excluding steroid dienone is 5. The summed E-state index contributed by atoms with van der Waals surface area (Å²) in [5.74, 6) is -0.965. The van der Waals surface area contributed by atoms with Crippen LogP contribution in [0, 0.1) is 0 Å². The van der Waals surface area contributed by atoms with Crippen LogP contribution in [0.25, 0.3) is 0 Å². The van der Waals surface area contributed by atoms with Crippen LogP contribution in [0.2, 0.25) is 0 Å². The molecule has 0 aliphatic carbocycles. The minimum atomic E-state index is -1.76. The van der Waals surface area contributed by atoms with Crippen LogP contribution in [-0.4, -0.2) is 142 Å². The van der Waals surface area contributed by atoms with Crippen molar-refractivity contribution in [1.29, 1.82) is 0 Å². The molecule has 2 aliphatic rings. The molecule has 0 bridgehead atoms. The first-order valence-electron chi connectivity index (χ1n) is 20.0. The highest BCUT2D eigenvalue weighted by molar-refractivity contribution is 5.70. The quantitative estimate of drug-likeness (QED) is 0.0328. The van der Waals surface area contributed by atoms with Crippen LogP contribution < -0.4 is 0 Å². The summed E-state index contributed by atoms with van der Waals surface area (Å²) >= 11 is 0. The van der Waals surface area contributed by atoms with Crippen LogP contribution in [0.5, 0.6) is 0 Å². The first kappa shape index (κ1) is 48.9. The van der Waals surface area contributed by atoms with Gasteiger partial charge >= 0.3 is 11.9 Å². The van der Waals surface area contributed by atoms with E-state index in [0.29, 0.717) is 12.8 Å². The van der Waals surface area contributed by atoms with E-state index in [1.807, 2.05) is 6.08 Å². The maximum absolute atomic E-state index is 12.8. The summed E-state index contributed by atoms with van der Waals surface area (Å²) in [4.78, 5) is 25.3. The molecule has 0 aromatic heterocycles. The SMILES string of the molecule is C=CC/C=C/C/C=C\CCCCCCCC(=O)O[C@H](COC(=O)CCCCCCCC)CO[C@@H]1O[C@H](CO[C@H]2O[C@H](CO)[C@H](O)[C@H](O)[C@H]2O)[C@H](O)[C@H](O)[C@H]1O. The lowest BCUT2D eigenvalue weighted by Gasteiger charge is -2.42. The van der Waals surface area contributed by atoms with Gasteiger partial charge in [-0.05, 0) is 38.5 Å². The number of carbonyl (C=O) groups is 2. The summed E-state index contributed by atoms with van der Waals surface area (Å²) in [6.45, 7) is 3.91. The van der Waals surface area contributed by atoms with Gasteiger partial charge in [0, 0.05) is 12.8 Å². The van der Waals surface area contributed by atoms with Gasteiger partial charge in [0.15, 0.2) is 18.7 Å². The standard InChI is InChI=1S/C40H68O15/c1-3-5-7-9-11-12-13-14-15-16-17-19-21-23-32(43)53-28(25-50-31(42)22-20-18-10-8-6-4-2)26-51-39-38(49)36(47)34(45)30(55-39)27-52-40-37(48)35(46)33(44)29(24-41)54-40/h3,7,9,12-13,28-30,33-41,44-49H,1,4-6,8,10-11,14-27H2,2H3/b9-7+,13-12-/t28-,29-,30-,33+,34+,35+,36+,37-,38-,39-,40+/m1/s1. The molecule has 0 unspecified atom stereocenters. The van der Waals surface area contributed by atoms with Crippen molar-refractivity contribution in [2.75, 3.05) is 26.4 Å². The van der Waals surface area contributed by atoms with Crippen molar-refractivity contribution in [3.63, 3.8) is 0 Å². The maximum atomic E-state index is 12.8. The number of aliphatic hydroxyl groups excluding tert-OH is 7. The first-order valence-corrected chi connectivity index (χ1v) is 20.0.